The maximum absolute atomic E-state index is 9.58. The van der Waals surface area contributed by atoms with Crippen LogP contribution in [0, 0.1) is 16.7 Å². The normalized spacial score (nSPS) is 36.9. The lowest BCUT2D eigenvalue weighted by Gasteiger charge is -2.43. The van der Waals surface area contributed by atoms with Crippen molar-refractivity contribution in [3.63, 3.8) is 0 Å². The Morgan fingerprint density at radius 3 is 2.33 bits per heavy atom. The topological polar surface area (TPSA) is 94.5 Å². The molecule has 0 aromatic rings. The predicted octanol–water partition coefficient (Wildman–Crippen LogP) is 1.57. The van der Waals surface area contributed by atoms with Crippen molar-refractivity contribution >= 4 is 12.2 Å². The van der Waals surface area contributed by atoms with Gasteiger partial charge in [0.05, 0.1) is 6.10 Å². The number of hydrazone groups is 1. The van der Waals surface area contributed by atoms with Gasteiger partial charge in [-0.3, -0.25) is 5.41 Å². The van der Waals surface area contributed by atoms with Gasteiger partial charge in [0.25, 0.3) is 0 Å². The second-order valence-electron chi connectivity index (χ2n) is 5.87. The van der Waals surface area contributed by atoms with Crippen LogP contribution in [0.1, 0.15) is 51.4 Å². The van der Waals surface area contributed by atoms with E-state index in [1.54, 1.807) is 0 Å². The molecule has 2 rings (SSSR count). The Kier molecular flexibility index (Phi) is 4.22. The third-order valence-electron chi connectivity index (χ3n) is 4.58. The van der Waals surface area contributed by atoms with Crippen LogP contribution in [0.25, 0.3) is 0 Å². The molecule has 2 saturated carbocycles. The molecule has 5 nitrogen and oxygen atoms in total. The first kappa shape index (κ1) is 13.3. The fourth-order valence-electron chi connectivity index (χ4n) is 3.33. The number of aliphatic hydroxyl groups is 1. The SMILES string of the molecule is N=C(N)NN=CC1CCC2(CCC(O)CC2)CC1. The van der Waals surface area contributed by atoms with Gasteiger partial charge < -0.3 is 10.8 Å². The first-order chi connectivity index (χ1) is 8.60. The van der Waals surface area contributed by atoms with Crippen LogP contribution in [0.3, 0.4) is 0 Å². The molecular formula is C13H24N4O. The van der Waals surface area contributed by atoms with Gasteiger partial charge in [0, 0.05) is 6.21 Å². The van der Waals surface area contributed by atoms with Gasteiger partial charge in [-0.1, -0.05) is 0 Å². The maximum atomic E-state index is 9.58. The van der Waals surface area contributed by atoms with Gasteiger partial charge in [0.2, 0.25) is 5.96 Å². The summed E-state index contributed by atoms with van der Waals surface area (Å²) in [5.41, 5.74) is 8.13. The van der Waals surface area contributed by atoms with Crippen molar-refractivity contribution in [3.8, 4) is 0 Å². The van der Waals surface area contributed by atoms with Gasteiger partial charge in [0.15, 0.2) is 0 Å². The Balaban J connectivity index is 1.77. The standard InChI is InChI=1S/C13H24N4O/c14-12(15)17-16-9-10-1-5-13(6-2-10)7-3-11(18)4-8-13/h9-11,18H,1-8H2,(H4,14,15,17). The first-order valence-electron chi connectivity index (χ1n) is 6.91. The zero-order valence-electron chi connectivity index (χ0n) is 10.9. The summed E-state index contributed by atoms with van der Waals surface area (Å²) >= 11 is 0. The molecule has 2 fully saturated rings. The number of guanidine groups is 1. The second-order valence-corrected chi connectivity index (χ2v) is 5.87. The van der Waals surface area contributed by atoms with Crippen LogP contribution in [0.5, 0.6) is 0 Å². The van der Waals surface area contributed by atoms with E-state index in [-0.39, 0.29) is 12.1 Å². The number of nitrogens with zero attached hydrogens (tertiary/aromatic N) is 1. The molecule has 102 valence electrons. The molecule has 0 aromatic heterocycles. The van der Waals surface area contributed by atoms with Crippen LogP contribution < -0.4 is 11.2 Å². The van der Waals surface area contributed by atoms with Gasteiger partial charge in [0.1, 0.15) is 0 Å². The monoisotopic (exact) mass is 252 g/mol. The van der Waals surface area contributed by atoms with Crippen molar-refractivity contribution in [1.29, 1.82) is 5.41 Å². The Hall–Kier alpha value is -1.10. The van der Waals surface area contributed by atoms with E-state index < -0.39 is 0 Å². The average Bonchev–Trinajstić information content (AvgIpc) is 2.35. The Labute approximate surface area is 108 Å². The third-order valence-corrected chi connectivity index (χ3v) is 4.58. The molecule has 0 heterocycles. The van der Waals surface area contributed by atoms with Crippen molar-refractivity contribution in [2.75, 3.05) is 0 Å². The minimum absolute atomic E-state index is 0.0605. The molecule has 0 aromatic carbocycles. The molecule has 18 heavy (non-hydrogen) atoms. The zero-order valence-corrected chi connectivity index (χ0v) is 10.9. The average molecular weight is 252 g/mol. The number of rotatable bonds is 2. The fourth-order valence-corrected chi connectivity index (χ4v) is 3.33. The first-order valence-corrected chi connectivity index (χ1v) is 6.91. The summed E-state index contributed by atoms with van der Waals surface area (Å²) in [5.74, 6) is 0.397. The Bertz CT molecular complexity index is 311. The van der Waals surface area contributed by atoms with Crippen LogP contribution in [0.4, 0.5) is 0 Å². The minimum Gasteiger partial charge on any atom is -0.393 e. The van der Waals surface area contributed by atoms with Crippen molar-refractivity contribution in [2.45, 2.75) is 57.5 Å². The highest BCUT2D eigenvalue weighted by atomic mass is 16.3. The molecule has 0 amide bonds. The van der Waals surface area contributed by atoms with E-state index in [2.05, 4.69) is 10.5 Å². The van der Waals surface area contributed by atoms with E-state index in [1.165, 1.54) is 38.5 Å². The number of nitrogens with two attached hydrogens (primary N) is 1. The largest absolute Gasteiger partial charge is 0.393 e. The lowest BCUT2D eigenvalue weighted by Crippen LogP contribution is -2.34. The van der Waals surface area contributed by atoms with E-state index in [9.17, 15) is 5.11 Å². The molecule has 5 heteroatoms. The van der Waals surface area contributed by atoms with Crippen molar-refractivity contribution in [3.05, 3.63) is 0 Å². The molecule has 1 spiro atoms. The van der Waals surface area contributed by atoms with Gasteiger partial charge in [-0.2, -0.15) is 5.10 Å². The van der Waals surface area contributed by atoms with E-state index in [1.807, 2.05) is 6.21 Å². The molecule has 0 saturated heterocycles. The lowest BCUT2D eigenvalue weighted by molar-refractivity contribution is 0.0353. The number of hydrogen-bond acceptors (Lipinski definition) is 3. The summed E-state index contributed by atoms with van der Waals surface area (Å²) < 4.78 is 0. The summed E-state index contributed by atoms with van der Waals surface area (Å²) in [6, 6.07) is 0. The second kappa shape index (κ2) is 5.69. The third kappa shape index (κ3) is 3.45. The maximum Gasteiger partial charge on any atom is 0.206 e. The zero-order chi connectivity index (χ0) is 13.0. The molecule has 2 aliphatic carbocycles. The summed E-state index contributed by atoms with van der Waals surface area (Å²) in [4.78, 5) is 0. The summed E-state index contributed by atoms with van der Waals surface area (Å²) in [6.45, 7) is 0. The Morgan fingerprint density at radius 2 is 1.78 bits per heavy atom. The summed E-state index contributed by atoms with van der Waals surface area (Å²) in [7, 11) is 0. The molecule has 0 aliphatic heterocycles. The Morgan fingerprint density at radius 1 is 1.22 bits per heavy atom. The van der Waals surface area contributed by atoms with E-state index in [4.69, 9.17) is 11.1 Å². The van der Waals surface area contributed by atoms with Crippen LogP contribution in [0.15, 0.2) is 5.10 Å². The number of aliphatic hydroxyl groups excluding tert-OH is 1. The highest BCUT2D eigenvalue weighted by molar-refractivity contribution is 5.75. The van der Waals surface area contributed by atoms with E-state index in [0.29, 0.717) is 11.3 Å². The van der Waals surface area contributed by atoms with E-state index in [0.717, 1.165) is 12.8 Å². The van der Waals surface area contributed by atoms with Gasteiger partial charge >= 0.3 is 0 Å². The molecule has 0 atom stereocenters. The van der Waals surface area contributed by atoms with Gasteiger partial charge in [-0.15, -0.1) is 0 Å². The minimum atomic E-state index is -0.111. The van der Waals surface area contributed by atoms with Crippen LogP contribution in [0.2, 0.25) is 0 Å². The molecule has 2 aliphatic rings. The molecule has 5 N–H and O–H groups in total. The summed E-state index contributed by atoms with van der Waals surface area (Å²) in [6.07, 6.45) is 11.0. The lowest BCUT2D eigenvalue weighted by atomic mass is 9.63. The smallest absolute Gasteiger partial charge is 0.206 e. The van der Waals surface area contributed by atoms with Crippen molar-refractivity contribution in [2.24, 2.45) is 22.2 Å². The van der Waals surface area contributed by atoms with Gasteiger partial charge in [-0.25, -0.2) is 5.43 Å². The predicted molar refractivity (Wildman–Crippen MR) is 72.4 cm³/mol. The molecule has 0 unspecified atom stereocenters. The van der Waals surface area contributed by atoms with Crippen molar-refractivity contribution in [1.82, 2.24) is 5.43 Å². The molecule has 0 radical (unpaired) electrons. The highest BCUT2D eigenvalue weighted by Crippen LogP contribution is 2.48. The van der Waals surface area contributed by atoms with Crippen LogP contribution in [-0.4, -0.2) is 23.4 Å². The van der Waals surface area contributed by atoms with E-state index >= 15 is 0 Å². The number of hydrogen-bond donors (Lipinski definition) is 4. The highest BCUT2D eigenvalue weighted by Gasteiger charge is 2.37. The fraction of sp³-hybridized carbons (Fsp3) is 0.846. The summed E-state index contributed by atoms with van der Waals surface area (Å²) in [5, 5.41) is 20.6. The van der Waals surface area contributed by atoms with Crippen molar-refractivity contribution < 1.29 is 5.11 Å². The van der Waals surface area contributed by atoms with Crippen LogP contribution >= 0.6 is 0 Å². The van der Waals surface area contributed by atoms with Crippen LogP contribution in [-0.2, 0) is 0 Å². The van der Waals surface area contributed by atoms with Gasteiger partial charge in [-0.05, 0) is 62.7 Å². The molecule has 0 bridgehead atoms. The quantitative estimate of drug-likeness (QED) is 0.341. The number of nitrogens with one attached hydrogen (secondary N) is 2. The molecular weight excluding hydrogens is 228 g/mol.